The minimum atomic E-state index is 0.527. The molecule has 3 atom stereocenters. The van der Waals surface area contributed by atoms with E-state index in [-0.39, 0.29) is 0 Å². The third kappa shape index (κ3) is 2.89. The van der Waals surface area contributed by atoms with Crippen LogP contribution in [0.2, 0.25) is 0 Å². The number of ether oxygens (including phenoxy) is 1. The number of rotatable bonds is 3. The zero-order valence-corrected chi connectivity index (χ0v) is 10.6. The Hall–Kier alpha value is 0.270. The van der Waals surface area contributed by atoms with Crippen LogP contribution in [0.5, 0.6) is 0 Å². The molecular formula is C12H23NOS. The summed E-state index contributed by atoms with van der Waals surface area (Å²) in [6.45, 7) is 5.55. The van der Waals surface area contributed by atoms with Gasteiger partial charge in [0.05, 0.1) is 12.7 Å². The van der Waals surface area contributed by atoms with E-state index in [0.29, 0.717) is 18.1 Å². The molecule has 0 amide bonds. The normalized spacial score (nSPS) is 34.8. The molecule has 0 aromatic rings. The average Bonchev–Trinajstić information content (AvgIpc) is 2.29. The highest BCUT2D eigenvalue weighted by Gasteiger charge is 2.34. The van der Waals surface area contributed by atoms with Gasteiger partial charge in [0.2, 0.25) is 0 Å². The van der Waals surface area contributed by atoms with Crippen LogP contribution in [0.1, 0.15) is 32.6 Å². The second-order valence-electron chi connectivity index (χ2n) is 5.04. The molecule has 0 spiro atoms. The molecule has 1 aliphatic heterocycles. The molecular weight excluding hydrogens is 206 g/mol. The molecule has 2 fully saturated rings. The molecule has 2 nitrogen and oxygen atoms in total. The maximum Gasteiger partial charge on any atom is 0.0730 e. The largest absolute Gasteiger partial charge is 0.375 e. The van der Waals surface area contributed by atoms with E-state index in [9.17, 15) is 0 Å². The van der Waals surface area contributed by atoms with Gasteiger partial charge in [-0.3, -0.25) is 4.90 Å². The number of hydrogen-bond acceptors (Lipinski definition) is 3. The van der Waals surface area contributed by atoms with E-state index in [1.807, 2.05) is 0 Å². The molecule has 2 rings (SSSR count). The minimum absolute atomic E-state index is 0.527. The number of hydrogen-bond donors (Lipinski definition) is 1. The molecule has 1 saturated heterocycles. The molecule has 0 radical (unpaired) electrons. The molecule has 0 aromatic carbocycles. The predicted octanol–water partition coefficient (Wildman–Crippen LogP) is 2.20. The van der Waals surface area contributed by atoms with Gasteiger partial charge in [-0.1, -0.05) is 19.8 Å². The molecule has 1 saturated carbocycles. The SMILES string of the molecule is CC(CS)CN1CCOC2CCCCC21. The quantitative estimate of drug-likeness (QED) is 0.745. The van der Waals surface area contributed by atoms with E-state index in [4.69, 9.17) is 4.74 Å². The topological polar surface area (TPSA) is 12.5 Å². The van der Waals surface area contributed by atoms with Gasteiger partial charge in [-0.15, -0.1) is 0 Å². The summed E-state index contributed by atoms with van der Waals surface area (Å²) in [6.07, 6.45) is 5.88. The molecule has 3 unspecified atom stereocenters. The minimum Gasteiger partial charge on any atom is -0.375 e. The highest BCUT2D eigenvalue weighted by molar-refractivity contribution is 7.80. The van der Waals surface area contributed by atoms with Crippen molar-refractivity contribution in [3.05, 3.63) is 0 Å². The highest BCUT2D eigenvalue weighted by atomic mass is 32.1. The molecule has 88 valence electrons. The van der Waals surface area contributed by atoms with Gasteiger partial charge in [0, 0.05) is 19.1 Å². The van der Waals surface area contributed by atoms with Crippen LogP contribution in [-0.2, 0) is 4.74 Å². The van der Waals surface area contributed by atoms with Crippen molar-refractivity contribution in [2.24, 2.45) is 5.92 Å². The maximum absolute atomic E-state index is 5.87. The lowest BCUT2D eigenvalue weighted by Gasteiger charge is -2.44. The number of morpholine rings is 1. The third-order valence-corrected chi connectivity index (χ3v) is 4.33. The Kier molecular flexibility index (Phi) is 4.35. The smallest absolute Gasteiger partial charge is 0.0730 e. The zero-order chi connectivity index (χ0) is 10.7. The van der Waals surface area contributed by atoms with Crippen LogP contribution < -0.4 is 0 Å². The van der Waals surface area contributed by atoms with Crippen LogP contribution in [-0.4, -0.2) is 42.5 Å². The van der Waals surface area contributed by atoms with Crippen LogP contribution in [0.4, 0.5) is 0 Å². The first kappa shape index (κ1) is 11.7. The summed E-state index contributed by atoms with van der Waals surface area (Å²) in [4.78, 5) is 2.65. The fraction of sp³-hybridized carbons (Fsp3) is 1.00. The van der Waals surface area contributed by atoms with Crippen molar-refractivity contribution in [3.63, 3.8) is 0 Å². The number of fused-ring (bicyclic) bond motifs is 1. The van der Waals surface area contributed by atoms with Gasteiger partial charge in [-0.2, -0.15) is 12.6 Å². The monoisotopic (exact) mass is 229 g/mol. The van der Waals surface area contributed by atoms with Gasteiger partial charge in [0.1, 0.15) is 0 Å². The Morgan fingerprint density at radius 2 is 2.20 bits per heavy atom. The first-order valence-corrected chi connectivity index (χ1v) is 6.91. The zero-order valence-electron chi connectivity index (χ0n) is 9.69. The molecule has 3 heteroatoms. The Balaban J connectivity index is 1.91. The second-order valence-corrected chi connectivity index (χ2v) is 5.41. The summed E-state index contributed by atoms with van der Waals surface area (Å²) in [5.74, 6) is 1.70. The van der Waals surface area contributed by atoms with Crippen LogP contribution in [0.3, 0.4) is 0 Å². The molecule has 1 heterocycles. The summed E-state index contributed by atoms with van der Waals surface area (Å²) >= 11 is 4.38. The standard InChI is InChI=1S/C12H23NOS/c1-10(9-15)8-13-6-7-14-12-5-3-2-4-11(12)13/h10-12,15H,2-9H2,1H3. The summed E-state index contributed by atoms with van der Waals surface area (Å²) < 4.78 is 5.87. The molecule has 2 aliphatic rings. The lowest BCUT2D eigenvalue weighted by Crippen LogP contribution is -2.53. The van der Waals surface area contributed by atoms with Crippen LogP contribution in [0.15, 0.2) is 0 Å². The first-order valence-electron chi connectivity index (χ1n) is 6.27. The Morgan fingerprint density at radius 3 is 3.00 bits per heavy atom. The lowest BCUT2D eigenvalue weighted by molar-refractivity contribution is -0.0907. The van der Waals surface area contributed by atoms with Gasteiger partial charge in [-0.05, 0) is 24.5 Å². The summed E-state index contributed by atoms with van der Waals surface area (Å²) in [7, 11) is 0. The molecule has 1 aliphatic carbocycles. The Labute approximate surface area is 98.8 Å². The van der Waals surface area contributed by atoms with Gasteiger partial charge < -0.3 is 4.74 Å². The van der Waals surface area contributed by atoms with E-state index in [1.165, 1.54) is 32.2 Å². The van der Waals surface area contributed by atoms with Crippen molar-refractivity contribution >= 4 is 12.6 Å². The molecule has 0 bridgehead atoms. The van der Waals surface area contributed by atoms with E-state index < -0.39 is 0 Å². The van der Waals surface area contributed by atoms with Crippen molar-refractivity contribution < 1.29 is 4.74 Å². The third-order valence-electron chi connectivity index (χ3n) is 3.70. The molecule has 0 N–H and O–H groups in total. The first-order chi connectivity index (χ1) is 7.31. The van der Waals surface area contributed by atoms with Crippen molar-refractivity contribution in [1.29, 1.82) is 0 Å². The molecule has 0 aromatic heterocycles. The maximum atomic E-state index is 5.87. The van der Waals surface area contributed by atoms with E-state index in [2.05, 4.69) is 24.5 Å². The van der Waals surface area contributed by atoms with Crippen molar-refractivity contribution in [2.75, 3.05) is 25.4 Å². The van der Waals surface area contributed by atoms with E-state index in [1.54, 1.807) is 0 Å². The van der Waals surface area contributed by atoms with E-state index >= 15 is 0 Å². The Bertz CT molecular complexity index is 198. The summed E-state index contributed by atoms with van der Waals surface area (Å²) in [5.41, 5.74) is 0. The van der Waals surface area contributed by atoms with Crippen molar-refractivity contribution in [2.45, 2.75) is 44.8 Å². The van der Waals surface area contributed by atoms with Gasteiger partial charge >= 0.3 is 0 Å². The summed E-state index contributed by atoms with van der Waals surface area (Å²) in [5, 5.41) is 0. The molecule has 15 heavy (non-hydrogen) atoms. The lowest BCUT2D eigenvalue weighted by atomic mass is 9.89. The van der Waals surface area contributed by atoms with E-state index in [0.717, 1.165) is 18.9 Å². The van der Waals surface area contributed by atoms with Crippen LogP contribution >= 0.6 is 12.6 Å². The van der Waals surface area contributed by atoms with Gasteiger partial charge in [-0.25, -0.2) is 0 Å². The summed E-state index contributed by atoms with van der Waals surface area (Å²) in [6, 6.07) is 0.704. The fourth-order valence-electron chi connectivity index (χ4n) is 2.86. The second kappa shape index (κ2) is 5.55. The fourth-order valence-corrected chi connectivity index (χ4v) is 2.98. The van der Waals surface area contributed by atoms with Crippen LogP contribution in [0.25, 0.3) is 0 Å². The van der Waals surface area contributed by atoms with Crippen molar-refractivity contribution in [3.8, 4) is 0 Å². The predicted molar refractivity (Wildman–Crippen MR) is 66.6 cm³/mol. The van der Waals surface area contributed by atoms with Crippen LogP contribution in [0, 0.1) is 5.92 Å². The van der Waals surface area contributed by atoms with Gasteiger partial charge in [0.25, 0.3) is 0 Å². The number of nitrogens with zero attached hydrogens (tertiary/aromatic N) is 1. The van der Waals surface area contributed by atoms with Crippen molar-refractivity contribution in [1.82, 2.24) is 4.90 Å². The van der Waals surface area contributed by atoms with Gasteiger partial charge in [0.15, 0.2) is 0 Å². The highest BCUT2D eigenvalue weighted by Crippen LogP contribution is 2.28. The Morgan fingerprint density at radius 1 is 1.40 bits per heavy atom. The number of thiol groups is 1. The average molecular weight is 229 g/mol.